The van der Waals surface area contributed by atoms with Crippen molar-refractivity contribution in [3.05, 3.63) is 42.5 Å². The number of anilines is 2. The lowest BCUT2D eigenvalue weighted by atomic mass is 10.0. The number of carbonyl (C=O) groups excluding carboxylic acids is 2. The van der Waals surface area contributed by atoms with Crippen molar-refractivity contribution in [3.63, 3.8) is 0 Å². The molecule has 5 nitrogen and oxygen atoms in total. The Balaban J connectivity index is 2.32. The Bertz CT molecular complexity index is 678. The topological polar surface area (TPSA) is 78.4 Å². The van der Waals surface area contributed by atoms with E-state index in [4.69, 9.17) is 0 Å². The van der Waals surface area contributed by atoms with E-state index >= 15 is 0 Å². The molecular formula is C16H16N2O3. The summed E-state index contributed by atoms with van der Waals surface area (Å²) in [5.74, 6) is -0.192. The largest absolute Gasteiger partial charge is 0.507 e. The molecule has 0 aliphatic rings. The Hall–Kier alpha value is -2.82. The first kappa shape index (κ1) is 14.6. The molecule has 0 aliphatic carbocycles. The molecule has 0 atom stereocenters. The number of amides is 2. The van der Waals surface area contributed by atoms with Crippen molar-refractivity contribution in [1.82, 2.24) is 0 Å². The molecule has 0 heterocycles. The number of carbonyl (C=O) groups is 2. The van der Waals surface area contributed by atoms with Gasteiger partial charge in [-0.2, -0.15) is 0 Å². The van der Waals surface area contributed by atoms with Gasteiger partial charge in [-0.25, -0.2) is 0 Å². The minimum Gasteiger partial charge on any atom is -0.507 e. The monoisotopic (exact) mass is 284 g/mol. The van der Waals surface area contributed by atoms with Gasteiger partial charge in [-0.1, -0.05) is 12.1 Å². The van der Waals surface area contributed by atoms with Crippen LogP contribution in [-0.4, -0.2) is 16.9 Å². The molecule has 0 aromatic heterocycles. The zero-order chi connectivity index (χ0) is 15.4. The fourth-order valence-electron chi connectivity index (χ4n) is 1.98. The van der Waals surface area contributed by atoms with Gasteiger partial charge in [-0.3, -0.25) is 9.59 Å². The molecule has 0 radical (unpaired) electrons. The summed E-state index contributed by atoms with van der Waals surface area (Å²) in [6.07, 6.45) is 0. The van der Waals surface area contributed by atoms with E-state index in [0.29, 0.717) is 16.9 Å². The van der Waals surface area contributed by atoms with Crippen LogP contribution in [0.3, 0.4) is 0 Å². The van der Waals surface area contributed by atoms with Gasteiger partial charge in [0.2, 0.25) is 11.8 Å². The van der Waals surface area contributed by atoms with Crippen LogP contribution in [0.15, 0.2) is 42.5 Å². The summed E-state index contributed by atoms with van der Waals surface area (Å²) in [7, 11) is 0. The maximum absolute atomic E-state index is 11.1. The summed E-state index contributed by atoms with van der Waals surface area (Å²) < 4.78 is 0. The Morgan fingerprint density at radius 1 is 0.857 bits per heavy atom. The molecular weight excluding hydrogens is 268 g/mol. The van der Waals surface area contributed by atoms with Crippen molar-refractivity contribution in [2.75, 3.05) is 10.6 Å². The molecule has 21 heavy (non-hydrogen) atoms. The quantitative estimate of drug-likeness (QED) is 0.758. The van der Waals surface area contributed by atoms with E-state index in [1.165, 1.54) is 19.9 Å². The van der Waals surface area contributed by atoms with Gasteiger partial charge in [0.1, 0.15) is 5.75 Å². The maximum atomic E-state index is 11.1. The molecule has 2 aromatic carbocycles. The van der Waals surface area contributed by atoms with E-state index < -0.39 is 0 Å². The van der Waals surface area contributed by atoms with Gasteiger partial charge in [-0.05, 0) is 35.9 Å². The minimum absolute atomic E-state index is 0.122. The summed E-state index contributed by atoms with van der Waals surface area (Å²) >= 11 is 0. The maximum Gasteiger partial charge on any atom is 0.221 e. The molecule has 2 rings (SSSR count). The molecule has 3 N–H and O–H groups in total. The lowest BCUT2D eigenvalue weighted by molar-refractivity contribution is -0.115. The van der Waals surface area contributed by atoms with Gasteiger partial charge in [0.15, 0.2) is 0 Å². The minimum atomic E-state index is -0.173. The molecule has 2 aromatic rings. The molecule has 0 bridgehead atoms. The number of aromatic hydroxyl groups is 1. The van der Waals surface area contributed by atoms with E-state index in [9.17, 15) is 14.7 Å². The number of hydrogen-bond acceptors (Lipinski definition) is 3. The van der Waals surface area contributed by atoms with Gasteiger partial charge < -0.3 is 15.7 Å². The average Bonchev–Trinajstić information content (AvgIpc) is 2.41. The van der Waals surface area contributed by atoms with E-state index in [-0.39, 0.29) is 17.6 Å². The predicted molar refractivity (Wildman–Crippen MR) is 82.2 cm³/mol. The third-order valence-electron chi connectivity index (χ3n) is 2.83. The first-order chi connectivity index (χ1) is 9.95. The lowest BCUT2D eigenvalue weighted by Gasteiger charge is -2.09. The van der Waals surface area contributed by atoms with Gasteiger partial charge in [0.05, 0.1) is 0 Å². The summed E-state index contributed by atoms with van der Waals surface area (Å²) in [4.78, 5) is 22.1. The molecule has 5 heteroatoms. The van der Waals surface area contributed by atoms with Gasteiger partial charge in [0.25, 0.3) is 0 Å². The van der Waals surface area contributed by atoms with Gasteiger partial charge in [0, 0.05) is 30.8 Å². The highest BCUT2D eigenvalue weighted by molar-refractivity contribution is 5.91. The fraction of sp³-hybridized carbons (Fsp3) is 0.125. The highest BCUT2D eigenvalue weighted by Crippen LogP contribution is 2.32. The summed E-state index contributed by atoms with van der Waals surface area (Å²) in [6, 6.07) is 11.9. The van der Waals surface area contributed by atoms with Crippen molar-refractivity contribution >= 4 is 23.2 Å². The van der Waals surface area contributed by atoms with Crippen molar-refractivity contribution in [3.8, 4) is 16.9 Å². The SMILES string of the molecule is CC(=O)Nc1ccc(-c2cc(NC(C)=O)ccc2O)cc1. The molecule has 0 fully saturated rings. The van der Waals surface area contributed by atoms with Crippen LogP contribution in [0.4, 0.5) is 11.4 Å². The van der Waals surface area contributed by atoms with Crippen molar-refractivity contribution in [2.45, 2.75) is 13.8 Å². The van der Waals surface area contributed by atoms with Crippen molar-refractivity contribution < 1.29 is 14.7 Å². The second kappa shape index (κ2) is 6.09. The standard InChI is InChI=1S/C16H16N2O3/c1-10(19)17-13-5-3-12(4-6-13)15-9-14(18-11(2)20)7-8-16(15)21/h3-9,21H,1-2H3,(H,17,19)(H,18,20). The van der Waals surface area contributed by atoms with Crippen molar-refractivity contribution in [2.24, 2.45) is 0 Å². The van der Waals surface area contributed by atoms with Gasteiger partial charge in [-0.15, -0.1) is 0 Å². The van der Waals surface area contributed by atoms with Gasteiger partial charge >= 0.3 is 0 Å². The molecule has 108 valence electrons. The van der Waals surface area contributed by atoms with Crippen molar-refractivity contribution in [1.29, 1.82) is 0 Å². The zero-order valence-electron chi connectivity index (χ0n) is 11.8. The Morgan fingerprint density at radius 3 is 1.95 bits per heavy atom. The van der Waals surface area contributed by atoms with Crippen LogP contribution in [0.5, 0.6) is 5.75 Å². The third kappa shape index (κ3) is 3.82. The molecule has 0 unspecified atom stereocenters. The van der Waals surface area contributed by atoms with Crippen LogP contribution < -0.4 is 10.6 Å². The molecule has 0 spiro atoms. The number of nitrogens with one attached hydrogen (secondary N) is 2. The number of phenolic OH excluding ortho intramolecular Hbond substituents is 1. The summed E-state index contributed by atoms with van der Waals surface area (Å²) in [5, 5.41) is 15.3. The Labute approximate surface area is 122 Å². The number of hydrogen-bond donors (Lipinski definition) is 3. The van der Waals surface area contributed by atoms with E-state index in [1.807, 2.05) is 0 Å². The first-order valence-electron chi connectivity index (χ1n) is 6.44. The van der Waals surface area contributed by atoms with E-state index in [0.717, 1.165) is 5.56 Å². The number of phenols is 1. The number of rotatable bonds is 3. The van der Waals surface area contributed by atoms with E-state index in [1.54, 1.807) is 36.4 Å². The second-order valence-electron chi connectivity index (χ2n) is 4.67. The Morgan fingerprint density at radius 2 is 1.38 bits per heavy atom. The first-order valence-corrected chi connectivity index (χ1v) is 6.44. The van der Waals surface area contributed by atoms with Crippen LogP contribution in [0, 0.1) is 0 Å². The molecule has 2 amide bonds. The summed E-state index contributed by atoms with van der Waals surface area (Å²) in [6.45, 7) is 2.87. The molecule has 0 saturated carbocycles. The van der Waals surface area contributed by atoms with Crippen LogP contribution in [0.2, 0.25) is 0 Å². The van der Waals surface area contributed by atoms with Crippen LogP contribution in [0.25, 0.3) is 11.1 Å². The fourth-order valence-corrected chi connectivity index (χ4v) is 1.98. The number of benzene rings is 2. The second-order valence-corrected chi connectivity index (χ2v) is 4.67. The molecule has 0 aliphatic heterocycles. The smallest absolute Gasteiger partial charge is 0.221 e. The summed E-state index contributed by atoms with van der Waals surface area (Å²) in [5.41, 5.74) is 2.69. The average molecular weight is 284 g/mol. The third-order valence-corrected chi connectivity index (χ3v) is 2.83. The highest BCUT2D eigenvalue weighted by Gasteiger charge is 2.07. The zero-order valence-corrected chi connectivity index (χ0v) is 11.8. The molecule has 0 saturated heterocycles. The van der Waals surface area contributed by atoms with E-state index in [2.05, 4.69) is 10.6 Å². The predicted octanol–water partition coefficient (Wildman–Crippen LogP) is 2.98. The lowest BCUT2D eigenvalue weighted by Crippen LogP contribution is -2.05. The van der Waals surface area contributed by atoms with Crippen LogP contribution in [0.1, 0.15) is 13.8 Å². The Kier molecular flexibility index (Phi) is 4.23. The van der Waals surface area contributed by atoms with Crippen LogP contribution >= 0.6 is 0 Å². The normalized spacial score (nSPS) is 10.0. The van der Waals surface area contributed by atoms with Crippen LogP contribution in [-0.2, 0) is 9.59 Å². The highest BCUT2D eigenvalue weighted by atomic mass is 16.3.